The molecular weight excluding hydrogens is 291 g/mol. The number of carboxylic acid groups (broad SMARTS) is 1. The molecule has 2 aliphatic rings. The molecule has 6 nitrogen and oxygen atoms in total. The van der Waals surface area contributed by atoms with Crippen LogP contribution in [0.4, 0.5) is 10.1 Å². The predicted octanol–water partition coefficient (Wildman–Crippen LogP) is 1.45. The van der Waals surface area contributed by atoms with Gasteiger partial charge in [0.2, 0.25) is 5.91 Å². The van der Waals surface area contributed by atoms with Gasteiger partial charge in [0.25, 0.3) is 5.91 Å². The lowest BCUT2D eigenvalue weighted by atomic mass is 9.76. The number of amides is 2. The van der Waals surface area contributed by atoms with Crippen molar-refractivity contribution >= 4 is 23.5 Å². The van der Waals surface area contributed by atoms with Crippen LogP contribution in [0, 0.1) is 5.82 Å². The van der Waals surface area contributed by atoms with Gasteiger partial charge in [0.1, 0.15) is 11.4 Å². The first-order chi connectivity index (χ1) is 10.4. The van der Waals surface area contributed by atoms with Gasteiger partial charge in [0, 0.05) is 12.1 Å². The van der Waals surface area contributed by atoms with Gasteiger partial charge in [-0.2, -0.15) is 0 Å². The minimum absolute atomic E-state index is 0.191. The van der Waals surface area contributed by atoms with E-state index in [1.54, 1.807) is 0 Å². The molecule has 3 rings (SSSR count). The van der Waals surface area contributed by atoms with Gasteiger partial charge >= 0.3 is 5.97 Å². The summed E-state index contributed by atoms with van der Waals surface area (Å²) < 4.78 is 14.1. The Morgan fingerprint density at radius 2 is 2.00 bits per heavy atom. The van der Waals surface area contributed by atoms with Crippen molar-refractivity contribution in [3.05, 3.63) is 29.1 Å². The van der Waals surface area contributed by atoms with Gasteiger partial charge in [-0.05, 0) is 43.4 Å². The molecule has 1 fully saturated rings. The molecule has 0 bridgehead atoms. The normalized spacial score (nSPS) is 18.7. The second kappa shape index (κ2) is 5.08. The molecule has 0 atom stereocenters. The van der Waals surface area contributed by atoms with Gasteiger partial charge in [0.05, 0.1) is 5.56 Å². The first kappa shape index (κ1) is 14.5. The smallest absolute Gasteiger partial charge is 0.329 e. The zero-order chi connectivity index (χ0) is 15.9. The predicted molar refractivity (Wildman–Crippen MR) is 75.0 cm³/mol. The molecule has 1 aliphatic carbocycles. The second-order valence-corrected chi connectivity index (χ2v) is 5.73. The van der Waals surface area contributed by atoms with Crippen LogP contribution in [0.5, 0.6) is 0 Å². The van der Waals surface area contributed by atoms with E-state index in [1.807, 2.05) is 0 Å². The molecule has 1 aromatic rings. The van der Waals surface area contributed by atoms with Crippen molar-refractivity contribution in [2.75, 3.05) is 5.32 Å². The Morgan fingerprint density at radius 3 is 2.59 bits per heavy atom. The van der Waals surface area contributed by atoms with Gasteiger partial charge < -0.3 is 15.7 Å². The van der Waals surface area contributed by atoms with Crippen LogP contribution in [0.25, 0.3) is 0 Å². The van der Waals surface area contributed by atoms with Crippen LogP contribution in [0.1, 0.15) is 41.6 Å². The Hall–Kier alpha value is -2.44. The van der Waals surface area contributed by atoms with E-state index in [1.165, 1.54) is 6.07 Å². The van der Waals surface area contributed by atoms with Crippen molar-refractivity contribution in [2.24, 2.45) is 0 Å². The summed E-state index contributed by atoms with van der Waals surface area (Å²) in [7, 11) is 0. The number of rotatable bonds is 3. The van der Waals surface area contributed by atoms with E-state index in [4.69, 9.17) is 0 Å². The van der Waals surface area contributed by atoms with E-state index in [-0.39, 0.29) is 17.9 Å². The summed E-state index contributed by atoms with van der Waals surface area (Å²) in [6, 6.07) is 2.49. The molecular formula is C15H15FN2O4. The van der Waals surface area contributed by atoms with Crippen molar-refractivity contribution in [1.82, 2.24) is 5.32 Å². The highest BCUT2D eigenvalue weighted by Crippen LogP contribution is 2.33. The number of halogens is 1. The molecule has 1 aromatic carbocycles. The number of hydrogen-bond acceptors (Lipinski definition) is 3. The first-order valence-electron chi connectivity index (χ1n) is 7.09. The minimum Gasteiger partial charge on any atom is -0.480 e. The number of aliphatic carboxylic acids is 1. The number of carbonyl (C=O) groups excluding carboxylic acids is 2. The Bertz CT molecular complexity index is 682. The average molecular weight is 306 g/mol. The topological polar surface area (TPSA) is 95.5 Å². The molecule has 0 saturated heterocycles. The summed E-state index contributed by atoms with van der Waals surface area (Å²) in [5, 5.41) is 14.2. The molecule has 0 radical (unpaired) electrons. The first-order valence-corrected chi connectivity index (χ1v) is 7.09. The Balaban J connectivity index is 1.87. The van der Waals surface area contributed by atoms with Crippen molar-refractivity contribution in [3.63, 3.8) is 0 Å². The summed E-state index contributed by atoms with van der Waals surface area (Å²) in [5.74, 6) is -2.81. The van der Waals surface area contributed by atoms with Crippen LogP contribution in [-0.2, 0) is 16.0 Å². The minimum atomic E-state index is -1.28. The number of anilines is 1. The highest BCUT2D eigenvalue weighted by Gasteiger charge is 2.46. The maximum Gasteiger partial charge on any atom is 0.329 e. The standard InChI is InChI=1S/C15H15FN2O4/c16-10-7-11-8(2-3-12(19)17-11)6-9(10)13(20)18-15(14(21)22)4-1-5-15/h6-7H,1-5H2,(H,17,19)(H,18,20)(H,21,22). The molecule has 1 saturated carbocycles. The zero-order valence-corrected chi connectivity index (χ0v) is 11.7. The largest absolute Gasteiger partial charge is 0.480 e. The van der Waals surface area contributed by atoms with Crippen LogP contribution < -0.4 is 10.6 Å². The maximum atomic E-state index is 14.1. The van der Waals surface area contributed by atoms with Gasteiger partial charge in [-0.3, -0.25) is 9.59 Å². The maximum absolute atomic E-state index is 14.1. The molecule has 3 N–H and O–H groups in total. The molecule has 0 spiro atoms. The van der Waals surface area contributed by atoms with E-state index in [0.717, 1.165) is 6.07 Å². The van der Waals surface area contributed by atoms with Gasteiger partial charge in [-0.1, -0.05) is 0 Å². The van der Waals surface area contributed by atoms with Crippen LogP contribution in [-0.4, -0.2) is 28.4 Å². The fourth-order valence-electron chi connectivity index (χ4n) is 2.78. The second-order valence-electron chi connectivity index (χ2n) is 5.73. The molecule has 2 amide bonds. The van der Waals surface area contributed by atoms with Crippen molar-refractivity contribution in [1.29, 1.82) is 0 Å². The van der Waals surface area contributed by atoms with E-state index >= 15 is 0 Å². The van der Waals surface area contributed by atoms with E-state index in [0.29, 0.717) is 36.9 Å². The summed E-state index contributed by atoms with van der Waals surface area (Å²) in [4.78, 5) is 34.8. The van der Waals surface area contributed by atoms with Crippen LogP contribution >= 0.6 is 0 Å². The Kier molecular flexibility index (Phi) is 3.35. The molecule has 0 unspecified atom stereocenters. The fraction of sp³-hybridized carbons (Fsp3) is 0.400. The highest BCUT2D eigenvalue weighted by molar-refractivity contribution is 6.00. The Labute approximate surface area is 125 Å². The van der Waals surface area contributed by atoms with Crippen LogP contribution in [0.15, 0.2) is 12.1 Å². The number of carbonyl (C=O) groups is 3. The quantitative estimate of drug-likeness (QED) is 0.787. The van der Waals surface area contributed by atoms with Crippen molar-refractivity contribution in [3.8, 4) is 0 Å². The third kappa shape index (κ3) is 2.32. The van der Waals surface area contributed by atoms with Crippen LogP contribution in [0.3, 0.4) is 0 Å². The van der Waals surface area contributed by atoms with Gasteiger partial charge in [-0.15, -0.1) is 0 Å². The number of nitrogens with one attached hydrogen (secondary N) is 2. The summed E-state index contributed by atoms with van der Waals surface area (Å²) >= 11 is 0. The third-order valence-corrected chi connectivity index (χ3v) is 4.30. The lowest BCUT2D eigenvalue weighted by Crippen LogP contribution is -2.59. The van der Waals surface area contributed by atoms with Crippen molar-refractivity contribution in [2.45, 2.75) is 37.6 Å². The zero-order valence-electron chi connectivity index (χ0n) is 11.7. The van der Waals surface area contributed by atoms with E-state index in [9.17, 15) is 23.9 Å². The lowest BCUT2D eigenvalue weighted by molar-refractivity contribution is -0.148. The highest BCUT2D eigenvalue weighted by atomic mass is 19.1. The Morgan fingerprint density at radius 1 is 1.27 bits per heavy atom. The fourth-order valence-corrected chi connectivity index (χ4v) is 2.78. The lowest BCUT2D eigenvalue weighted by Gasteiger charge is -2.38. The van der Waals surface area contributed by atoms with E-state index < -0.39 is 23.2 Å². The van der Waals surface area contributed by atoms with Crippen molar-refractivity contribution < 1.29 is 23.9 Å². The monoisotopic (exact) mass is 306 g/mol. The third-order valence-electron chi connectivity index (χ3n) is 4.30. The molecule has 7 heteroatoms. The average Bonchev–Trinajstić information content (AvgIpc) is 2.41. The summed E-state index contributed by atoms with van der Waals surface area (Å²) in [5.41, 5.74) is -0.443. The molecule has 1 aliphatic heterocycles. The molecule has 0 aromatic heterocycles. The summed E-state index contributed by atoms with van der Waals surface area (Å²) in [6.07, 6.45) is 2.10. The number of fused-ring (bicyclic) bond motifs is 1. The number of benzene rings is 1. The number of carboxylic acids is 1. The van der Waals surface area contributed by atoms with Gasteiger partial charge in [0.15, 0.2) is 0 Å². The number of hydrogen-bond donors (Lipinski definition) is 3. The van der Waals surface area contributed by atoms with Gasteiger partial charge in [-0.25, -0.2) is 9.18 Å². The van der Waals surface area contributed by atoms with Crippen LogP contribution in [0.2, 0.25) is 0 Å². The SMILES string of the molecule is O=C1CCc2cc(C(=O)NC3(C(=O)O)CCC3)c(F)cc2N1. The summed E-state index contributed by atoms with van der Waals surface area (Å²) in [6.45, 7) is 0. The number of aryl methyl sites for hydroxylation is 1. The molecule has 116 valence electrons. The molecule has 22 heavy (non-hydrogen) atoms. The van der Waals surface area contributed by atoms with E-state index in [2.05, 4.69) is 10.6 Å². The molecule has 1 heterocycles.